The van der Waals surface area contributed by atoms with Gasteiger partial charge in [0.15, 0.2) is 0 Å². The zero-order valence-electron chi connectivity index (χ0n) is 8.96. The van der Waals surface area contributed by atoms with Crippen LogP contribution in [0.4, 0.5) is 0 Å². The van der Waals surface area contributed by atoms with Crippen LogP contribution in [0.2, 0.25) is 0 Å². The predicted molar refractivity (Wildman–Crippen MR) is 64.9 cm³/mol. The van der Waals surface area contributed by atoms with Gasteiger partial charge in [-0.25, -0.2) is 0 Å². The van der Waals surface area contributed by atoms with E-state index < -0.39 is 17.3 Å². The maximum Gasteiger partial charge on any atom is 0.321 e. The van der Waals surface area contributed by atoms with Crippen molar-refractivity contribution in [1.82, 2.24) is 0 Å². The molecule has 0 saturated heterocycles. The van der Waals surface area contributed by atoms with Crippen molar-refractivity contribution in [1.29, 1.82) is 0 Å². The summed E-state index contributed by atoms with van der Waals surface area (Å²) in [5.74, 6) is -0.376. The van der Waals surface area contributed by atoms with E-state index in [1.54, 1.807) is 24.3 Å². The molecule has 1 aromatic rings. The SMILES string of the molecule is CCOc1cccc(C(S)C(N)C(=O)O)c1. The largest absolute Gasteiger partial charge is 0.494 e. The van der Waals surface area contributed by atoms with Gasteiger partial charge in [0.05, 0.1) is 11.9 Å². The van der Waals surface area contributed by atoms with Gasteiger partial charge in [-0.3, -0.25) is 4.79 Å². The second-order valence-electron chi connectivity index (χ2n) is 3.31. The van der Waals surface area contributed by atoms with Gasteiger partial charge in [0.2, 0.25) is 0 Å². The van der Waals surface area contributed by atoms with Crippen LogP contribution in [0.1, 0.15) is 17.7 Å². The fraction of sp³-hybridized carbons (Fsp3) is 0.364. The lowest BCUT2D eigenvalue weighted by atomic mass is 10.1. The van der Waals surface area contributed by atoms with E-state index in [0.717, 1.165) is 5.56 Å². The van der Waals surface area contributed by atoms with Crippen LogP contribution in [0, 0.1) is 0 Å². The Bertz CT molecular complexity index is 370. The van der Waals surface area contributed by atoms with E-state index in [4.69, 9.17) is 15.6 Å². The van der Waals surface area contributed by atoms with E-state index in [1.807, 2.05) is 6.92 Å². The number of rotatable bonds is 5. The summed E-state index contributed by atoms with van der Waals surface area (Å²) in [7, 11) is 0. The molecule has 0 aliphatic heterocycles. The highest BCUT2D eigenvalue weighted by molar-refractivity contribution is 7.80. The Kier molecular flexibility index (Phi) is 4.64. The minimum atomic E-state index is -1.07. The third-order valence-corrected chi connectivity index (χ3v) is 2.76. The number of aliphatic carboxylic acids is 1. The van der Waals surface area contributed by atoms with Gasteiger partial charge in [-0.15, -0.1) is 0 Å². The number of hydrogen-bond acceptors (Lipinski definition) is 4. The third kappa shape index (κ3) is 3.15. The number of ether oxygens (including phenoxy) is 1. The molecule has 0 amide bonds. The fourth-order valence-corrected chi connectivity index (χ4v) is 1.59. The van der Waals surface area contributed by atoms with Gasteiger partial charge >= 0.3 is 5.97 Å². The van der Waals surface area contributed by atoms with Gasteiger partial charge in [0, 0.05) is 0 Å². The van der Waals surface area contributed by atoms with E-state index in [2.05, 4.69) is 12.6 Å². The molecule has 0 bridgehead atoms. The minimum absolute atomic E-state index is 0.544. The Morgan fingerprint density at radius 2 is 2.31 bits per heavy atom. The predicted octanol–water partition coefficient (Wildman–Crippen LogP) is 1.47. The average Bonchev–Trinajstić information content (AvgIpc) is 2.28. The van der Waals surface area contributed by atoms with Crippen LogP contribution in [0.25, 0.3) is 0 Å². The molecule has 0 heterocycles. The molecule has 2 atom stereocenters. The lowest BCUT2D eigenvalue weighted by Gasteiger charge is -2.16. The molecule has 2 unspecified atom stereocenters. The number of thiol groups is 1. The van der Waals surface area contributed by atoms with Gasteiger partial charge in [-0.05, 0) is 24.6 Å². The van der Waals surface area contributed by atoms with E-state index in [1.165, 1.54) is 0 Å². The smallest absolute Gasteiger partial charge is 0.321 e. The number of carbonyl (C=O) groups is 1. The quantitative estimate of drug-likeness (QED) is 0.683. The van der Waals surface area contributed by atoms with Crippen molar-refractivity contribution in [2.75, 3.05) is 6.61 Å². The summed E-state index contributed by atoms with van der Waals surface area (Å²) in [6, 6.07) is 6.10. The highest BCUT2D eigenvalue weighted by Crippen LogP contribution is 2.26. The molecular formula is C11H15NO3S. The number of nitrogens with two attached hydrogens (primary N) is 1. The monoisotopic (exact) mass is 241 g/mol. The second kappa shape index (κ2) is 5.77. The molecule has 1 rings (SSSR count). The molecule has 0 saturated carbocycles. The maximum atomic E-state index is 10.7. The van der Waals surface area contributed by atoms with Gasteiger partial charge in [-0.1, -0.05) is 12.1 Å². The summed E-state index contributed by atoms with van der Waals surface area (Å²) in [5.41, 5.74) is 6.24. The van der Waals surface area contributed by atoms with Crippen molar-refractivity contribution in [2.45, 2.75) is 18.2 Å². The van der Waals surface area contributed by atoms with Crippen LogP contribution < -0.4 is 10.5 Å². The van der Waals surface area contributed by atoms with Crippen molar-refractivity contribution in [3.8, 4) is 5.75 Å². The standard InChI is InChI=1S/C11H15NO3S/c1-2-15-8-5-3-4-7(6-8)10(16)9(12)11(13)14/h3-6,9-10,16H,2,12H2,1H3,(H,13,14). The molecule has 0 fully saturated rings. The third-order valence-electron chi connectivity index (χ3n) is 2.14. The summed E-state index contributed by atoms with van der Waals surface area (Å²) in [5, 5.41) is 8.24. The van der Waals surface area contributed by atoms with Crippen molar-refractivity contribution in [3.63, 3.8) is 0 Å². The lowest BCUT2D eigenvalue weighted by molar-refractivity contribution is -0.138. The van der Waals surface area contributed by atoms with Crippen LogP contribution in [0.5, 0.6) is 5.75 Å². The van der Waals surface area contributed by atoms with Crippen LogP contribution in [0.15, 0.2) is 24.3 Å². The molecule has 0 aliphatic rings. The zero-order valence-corrected chi connectivity index (χ0v) is 9.85. The summed E-state index contributed by atoms with van der Waals surface area (Å²) < 4.78 is 5.31. The van der Waals surface area contributed by atoms with Crippen LogP contribution in [-0.4, -0.2) is 23.7 Å². The molecule has 0 radical (unpaired) electrons. The number of benzene rings is 1. The Balaban J connectivity index is 2.86. The topological polar surface area (TPSA) is 72.5 Å². The lowest BCUT2D eigenvalue weighted by Crippen LogP contribution is -2.34. The average molecular weight is 241 g/mol. The highest BCUT2D eigenvalue weighted by Gasteiger charge is 2.22. The van der Waals surface area contributed by atoms with Gasteiger partial charge in [0.25, 0.3) is 0 Å². The highest BCUT2D eigenvalue weighted by atomic mass is 32.1. The van der Waals surface area contributed by atoms with E-state index in [-0.39, 0.29) is 0 Å². The molecule has 4 nitrogen and oxygen atoms in total. The summed E-state index contributed by atoms with van der Waals surface area (Å²) in [6.07, 6.45) is 0. The molecule has 5 heteroatoms. The van der Waals surface area contributed by atoms with E-state index >= 15 is 0 Å². The van der Waals surface area contributed by atoms with Crippen LogP contribution in [0.3, 0.4) is 0 Å². The second-order valence-corrected chi connectivity index (χ2v) is 3.87. The minimum Gasteiger partial charge on any atom is -0.494 e. The van der Waals surface area contributed by atoms with E-state index in [9.17, 15) is 4.79 Å². The van der Waals surface area contributed by atoms with Gasteiger partial charge < -0.3 is 15.6 Å². The molecular weight excluding hydrogens is 226 g/mol. The first-order valence-corrected chi connectivity index (χ1v) is 5.47. The molecule has 0 aromatic heterocycles. The summed E-state index contributed by atoms with van der Waals surface area (Å²) in [6.45, 7) is 2.44. The molecule has 0 spiro atoms. The maximum absolute atomic E-state index is 10.7. The first kappa shape index (κ1) is 12.9. The van der Waals surface area contributed by atoms with E-state index in [0.29, 0.717) is 12.4 Å². The Labute approximate surface area is 99.8 Å². The van der Waals surface area contributed by atoms with Crippen molar-refractivity contribution in [2.24, 2.45) is 5.73 Å². The van der Waals surface area contributed by atoms with Crippen molar-refractivity contribution >= 4 is 18.6 Å². The summed E-state index contributed by atoms with van der Waals surface area (Å²) >= 11 is 4.21. The Morgan fingerprint density at radius 1 is 1.62 bits per heavy atom. The summed E-state index contributed by atoms with van der Waals surface area (Å²) in [4.78, 5) is 10.7. The Morgan fingerprint density at radius 3 is 2.88 bits per heavy atom. The van der Waals surface area contributed by atoms with Gasteiger partial charge in [0.1, 0.15) is 11.8 Å². The number of hydrogen-bond donors (Lipinski definition) is 3. The van der Waals surface area contributed by atoms with Gasteiger partial charge in [-0.2, -0.15) is 12.6 Å². The molecule has 3 N–H and O–H groups in total. The Hall–Kier alpha value is -1.20. The number of carboxylic acid groups (broad SMARTS) is 1. The first-order chi connectivity index (χ1) is 7.56. The van der Waals surface area contributed by atoms with Crippen LogP contribution >= 0.6 is 12.6 Å². The van der Waals surface area contributed by atoms with Crippen molar-refractivity contribution in [3.05, 3.63) is 29.8 Å². The normalized spacial score (nSPS) is 14.2. The molecule has 16 heavy (non-hydrogen) atoms. The first-order valence-electron chi connectivity index (χ1n) is 4.95. The van der Waals surface area contributed by atoms with Crippen LogP contribution in [-0.2, 0) is 4.79 Å². The molecule has 1 aromatic carbocycles. The number of carboxylic acids is 1. The molecule has 0 aliphatic carbocycles. The van der Waals surface area contributed by atoms with Crippen molar-refractivity contribution < 1.29 is 14.6 Å². The molecule has 88 valence electrons. The fourth-order valence-electron chi connectivity index (χ4n) is 1.30. The zero-order chi connectivity index (χ0) is 12.1.